The van der Waals surface area contributed by atoms with Crippen LogP contribution in [0.5, 0.6) is 0 Å². The van der Waals surface area contributed by atoms with Gasteiger partial charge >= 0.3 is 6.85 Å². The number of hydrogen-bond donors (Lipinski definition) is 0. The Bertz CT molecular complexity index is 3230. The van der Waals surface area contributed by atoms with Crippen molar-refractivity contribution in [3.8, 4) is 44.5 Å². The normalized spacial score (nSPS) is 17.7. The van der Waals surface area contributed by atoms with Gasteiger partial charge in [-0.05, 0) is 174 Å². The minimum absolute atomic E-state index is 0.0324. The Hall–Kier alpha value is -6.58. The summed E-state index contributed by atoms with van der Waals surface area (Å²) >= 11 is 0. The number of benzene rings is 8. The summed E-state index contributed by atoms with van der Waals surface area (Å²) in [6.07, 6.45) is 4.68. The molecule has 67 heavy (non-hydrogen) atoms. The average molecular weight is 869 g/mol. The fraction of sp³-hybridized carbons (Fsp3) is 0.250. The van der Waals surface area contributed by atoms with E-state index in [0.717, 1.165) is 12.8 Å². The average Bonchev–Trinajstić information content (AvgIpc) is 3.35. The Labute approximate surface area is 399 Å². The lowest BCUT2D eigenvalue weighted by atomic mass is 9.42. The molecule has 0 unspecified atom stereocenters. The Morgan fingerprint density at radius 3 is 1.40 bits per heavy atom. The van der Waals surface area contributed by atoms with E-state index in [-0.39, 0.29) is 28.5 Å². The molecule has 0 saturated heterocycles. The van der Waals surface area contributed by atoms with Crippen molar-refractivity contribution >= 4 is 46.2 Å². The predicted molar refractivity (Wildman–Crippen MR) is 287 cm³/mol. The minimum atomic E-state index is -0.0853. The third-order valence-electron chi connectivity index (χ3n) is 16.6. The van der Waals surface area contributed by atoms with Gasteiger partial charge in [-0.1, -0.05) is 177 Å². The van der Waals surface area contributed by atoms with Crippen LogP contribution in [-0.2, 0) is 21.7 Å². The van der Waals surface area contributed by atoms with Crippen LogP contribution in [0, 0.1) is 0 Å². The van der Waals surface area contributed by atoms with E-state index in [1.807, 2.05) is 0 Å². The summed E-state index contributed by atoms with van der Waals surface area (Å²) in [5.74, 6) is 0. The van der Waals surface area contributed by atoms with Crippen LogP contribution in [0.15, 0.2) is 176 Å². The van der Waals surface area contributed by atoms with E-state index >= 15 is 0 Å². The molecule has 0 bridgehead atoms. The molecule has 0 spiro atoms. The smallest absolute Gasteiger partial charge is 0.333 e. The largest absolute Gasteiger partial charge is 0.376 e. The summed E-state index contributed by atoms with van der Waals surface area (Å²) in [4.78, 5) is 5.38. The van der Waals surface area contributed by atoms with Gasteiger partial charge in [0.2, 0.25) is 0 Å². The molecule has 2 aliphatic carbocycles. The molecule has 0 radical (unpaired) electrons. The van der Waals surface area contributed by atoms with Gasteiger partial charge in [-0.3, -0.25) is 0 Å². The lowest BCUT2D eigenvalue weighted by Crippen LogP contribution is -2.62. The molecule has 4 aliphatic rings. The third-order valence-corrected chi connectivity index (χ3v) is 16.6. The molecule has 0 amide bonds. The zero-order valence-electron chi connectivity index (χ0n) is 40.5. The molecule has 0 saturated carbocycles. The quantitative estimate of drug-likeness (QED) is 0.159. The van der Waals surface area contributed by atoms with Gasteiger partial charge in [-0.25, -0.2) is 0 Å². The highest BCUT2D eigenvalue weighted by atomic mass is 15.2. The Morgan fingerprint density at radius 1 is 0.343 bits per heavy atom. The van der Waals surface area contributed by atoms with Crippen LogP contribution in [-0.4, -0.2) is 6.85 Å². The summed E-state index contributed by atoms with van der Waals surface area (Å²) in [7, 11) is 0. The van der Waals surface area contributed by atoms with Gasteiger partial charge < -0.3 is 9.71 Å². The molecule has 3 heteroatoms. The number of anilines is 5. The molecule has 12 rings (SSSR count). The third kappa shape index (κ3) is 6.67. The van der Waals surface area contributed by atoms with Gasteiger partial charge in [0.05, 0.1) is 0 Å². The van der Waals surface area contributed by atoms with Gasteiger partial charge in [0.1, 0.15) is 0 Å². The zero-order chi connectivity index (χ0) is 46.0. The predicted octanol–water partition coefficient (Wildman–Crippen LogP) is 16.1. The van der Waals surface area contributed by atoms with Crippen LogP contribution in [0.3, 0.4) is 0 Å². The Morgan fingerprint density at radius 2 is 0.806 bits per heavy atom. The van der Waals surface area contributed by atoms with E-state index in [1.165, 1.54) is 119 Å². The maximum Gasteiger partial charge on any atom is 0.333 e. The first-order valence-electron chi connectivity index (χ1n) is 24.7. The number of nitrogens with zero attached hydrogens (tertiary/aromatic N) is 2. The highest BCUT2D eigenvalue weighted by molar-refractivity contribution is 6.93. The first kappa shape index (κ1) is 41.8. The van der Waals surface area contributed by atoms with Crippen LogP contribution < -0.4 is 20.6 Å². The maximum absolute atomic E-state index is 2.69. The lowest BCUT2D eigenvalue weighted by molar-refractivity contribution is 0.332. The van der Waals surface area contributed by atoms with Crippen LogP contribution in [0.1, 0.15) is 103 Å². The molecule has 0 aromatic heterocycles. The number of hydrogen-bond acceptors (Lipinski definition) is 2. The molecular weight excluding hydrogens is 808 g/mol. The van der Waals surface area contributed by atoms with Crippen molar-refractivity contribution in [2.75, 3.05) is 9.71 Å². The summed E-state index contributed by atoms with van der Waals surface area (Å²) < 4.78 is 0. The summed E-state index contributed by atoms with van der Waals surface area (Å²) in [5.41, 5.74) is 25.1. The fourth-order valence-electron chi connectivity index (χ4n) is 12.4. The molecule has 2 nitrogen and oxygen atoms in total. The van der Waals surface area contributed by atoms with Crippen molar-refractivity contribution in [2.24, 2.45) is 0 Å². The van der Waals surface area contributed by atoms with Gasteiger partial charge in [0, 0.05) is 34.0 Å². The van der Waals surface area contributed by atoms with E-state index in [1.54, 1.807) is 0 Å². The SMILES string of the molecule is CC1(C)CCC(C)(C)c2cc(N3c4cc5c(cc4B4c6c(cc(-c7ccccc7)cc63)-c3cc(-c6ccccc6)ccc3N4c3ccc(-c4ccccc4)cc3)C(C)(C)CCC5(C)C)ccc21. The molecule has 0 atom stereocenters. The molecule has 0 N–H and O–H groups in total. The summed E-state index contributed by atoms with van der Waals surface area (Å²) in [6, 6.07) is 67.2. The van der Waals surface area contributed by atoms with Crippen LogP contribution in [0.25, 0.3) is 44.5 Å². The van der Waals surface area contributed by atoms with Gasteiger partial charge in [0.15, 0.2) is 0 Å². The Kier molecular flexibility index (Phi) is 9.34. The maximum atomic E-state index is 2.69. The first-order chi connectivity index (χ1) is 32.2. The second-order valence-corrected chi connectivity index (χ2v) is 22.7. The van der Waals surface area contributed by atoms with Gasteiger partial charge in [0.25, 0.3) is 0 Å². The highest BCUT2D eigenvalue weighted by Gasteiger charge is 2.48. The molecule has 8 aromatic carbocycles. The van der Waals surface area contributed by atoms with Crippen LogP contribution >= 0.6 is 0 Å². The second-order valence-electron chi connectivity index (χ2n) is 22.7. The molecule has 330 valence electrons. The van der Waals surface area contributed by atoms with Crippen molar-refractivity contribution in [2.45, 2.75) is 103 Å². The van der Waals surface area contributed by atoms with E-state index in [4.69, 9.17) is 0 Å². The van der Waals surface area contributed by atoms with Crippen molar-refractivity contribution in [1.29, 1.82) is 0 Å². The first-order valence-corrected chi connectivity index (χ1v) is 24.7. The van der Waals surface area contributed by atoms with Crippen LogP contribution in [0.2, 0.25) is 0 Å². The molecule has 8 aromatic rings. The van der Waals surface area contributed by atoms with Crippen molar-refractivity contribution < 1.29 is 0 Å². The Balaban J connectivity index is 1.20. The molecule has 2 heterocycles. The van der Waals surface area contributed by atoms with E-state index < -0.39 is 0 Å². The molecule has 0 fully saturated rings. The van der Waals surface area contributed by atoms with Crippen LogP contribution in [0.4, 0.5) is 28.4 Å². The molecular formula is C64H61BN2. The standard InChI is InChI=1S/C64H61BN2/c1-61(2)32-33-62(3,4)53-39-49(29-30-52(53)61)66-58-41-55-54(63(5,6)34-35-64(55,7)8)40-56(58)65-60-51(37-47(38-59(60)66)44-22-16-11-17-23-44)50-36-46(43-20-14-10-15-21-43)26-31-57(50)67(65)48-27-24-45(25-28-48)42-18-12-9-13-19-42/h9-31,36-41H,32-35H2,1-8H3. The van der Waals surface area contributed by atoms with Gasteiger partial charge in [-0.15, -0.1) is 0 Å². The fourth-order valence-corrected chi connectivity index (χ4v) is 12.4. The van der Waals surface area contributed by atoms with E-state index in [0.29, 0.717) is 0 Å². The summed E-state index contributed by atoms with van der Waals surface area (Å²) in [6.45, 7) is 19.6. The van der Waals surface area contributed by atoms with Crippen molar-refractivity contribution in [3.05, 3.63) is 198 Å². The second kappa shape index (κ2) is 15.0. The lowest BCUT2D eigenvalue weighted by Gasteiger charge is -2.49. The highest BCUT2D eigenvalue weighted by Crippen LogP contribution is 2.54. The van der Waals surface area contributed by atoms with E-state index in [9.17, 15) is 0 Å². The van der Waals surface area contributed by atoms with Crippen molar-refractivity contribution in [1.82, 2.24) is 0 Å². The monoisotopic (exact) mass is 868 g/mol. The van der Waals surface area contributed by atoms with E-state index in [2.05, 4.69) is 241 Å². The van der Waals surface area contributed by atoms with Gasteiger partial charge in [-0.2, -0.15) is 0 Å². The topological polar surface area (TPSA) is 6.48 Å². The van der Waals surface area contributed by atoms with Crippen molar-refractivity contribution in [3.63, 3.8) is 0 Å². The number of fused-ring (bicyclic) bond motifs is 6. The number of rotatable bonds is 5. The zero-order valence-corrected chi connectivity index (χ0v) is 40.5. The summed E-state index contributed by atoms with van der Waals surface area (Å²) in [5, 5.41) is 0. The molecule has 2 aliphatic heterocycles. The minimum Gasteiger partial charge on any atom is -0.376 e.